The molecule has 76 valence electrons. The molecule has 4 nitrogen and oxygen atoms in total. The lowest BCUT2D eigenvalue weighted by molar-refractivity contribution is 0.392. The lowest BCUT2D eigenvalue weighted by Crippen LogP contribution is -2.42. The average Bonchev–Trinajstić information content (AvgIpc) is 2.30. The molecule has 1 atom stereocenters. The third kappa shape index (κ3) is 2.02. The van der Waals surface area contributed by atoms with Gasteiger partial charge in [0.25, 0.3) is 0 Å². The van der Waals surface area contributed by atoms with Crippen molar-refractivity contribution >= 4 is 0 Å². The predicted octanol–water partition coefficient (Wildman–Crippen LogP) is 0.324. The van der Waals surface area contributed by atoms with Gasteiger partial charge in [0.1, 0.15) is 0 Å². The standard InChI is InChI=1S/C10H15N3O/c1-14-10-6-8(2-3-13-10)9-7-11-4-5-12-9/h2-3,6,9,11-12H,4-5,7H2,1H3/t9-/m0/s1. The van der Waals surface area contributed by atoms with Crippen molar-refractivity contribution in [2.45, 2.75) is 6.04 Å². The Hall–Kier alpha value is -1.13. The van der Waals surface area contributed by atoms with Gasteiger partial charge in [-0.3, -0.25) is 0 Å². The maximum absolute atomic E-state index is 5.09. The molecule has 2 N–H and O–H groups in total. The molecule has 0 radical (unpaired) electrons. The molecule has 1 fully saturated rings. The molecule has 0 bridgehead atoms. The highest BCUT2D eigenvalue weighted by molar-refractivity contribution is 5.24. The van der Waals surface area contributed by atoms with Crippen LogP contribution in [0.15, 0.2) is 18.3 Å². The average molecular weight is 193 g/mol. The lowest BCUT2D eigenvalue weighted by atomic mass is 10.1. The van der Waals surface area contributed by atoms with Crippen molar-refractivity contribution in [1.29, 1.82) is 0 Å². The quantitative estimate of drug-likeness (QED) is 0.710. The first-order chi connectivity index (χ1) is 6.90. The van der Waals surface area contributed by atoms with E-state index in [2.05, 4.69) is 15.6 Å². The van der Waals surface area contributed by atoms with Gasteiger partial charge in [-0.25, -0.2) is 4.98 Å². The van der Waals surface area contributed by atoms with Crippen LogP contribution in [0.2, 0.25) is 0 Å². The molecule has 0 unspecified atom stereocenters. The van der Waals surface area contributed by atoms with E-state index in [0.29, 0.717) is 11.9 Å². The SMILES string of the molecule is COc1cc([C@@H]2CNCCN2)ccn1. The van der Waals surface area contributed by atoms with Gasteiger partial charge < -0.3 is 15.4 Å². The number of rotatable bonds is 2. The van der Waals surface area contributed by atoms with Crippen LogP contribution in [0, 0.1) is 0 Å². The van der Waals surface area contributed by atoms with E-state index in [1.54, 1.807) is 13.3 Å². The van der Waals surface area contributed by atoms with E-state index in [1.807, 2.05) is 12.1 Å². The smallest absolute Gasteiger partial charge is 0.213 e. The van der Waals surface area contributed by atoms with Crippen LogP contribution in [0.5, 0.6) is 5.88 Å². The fourth-order valence-electron chi connectivity index (χ4n) is 1.64. The van der Waals surface area contributed by atoms with Crippen LogP contribution in [-0.2, 0) is 0 Å². The largest absolute Gasteiger partial charge is 0.481 e. The maximum Gasteiger partial charge on any atom is 0.213 e. The highest BCUT2D eigenvalue weighted by Crippen LogP contribution is 2.16. The normalized spacial score (nSPS) is 21.9. The van der Waals surface area contributed by atoms with Crippen molar-refractivity contribution < 1.29 is 4.74 Å². The van der Waals surface area contributed by atoms with Crippen LogP contribution in [0.4, 0.5) is 0 Å². The molecular formula is C10H15N3O. The fraction of sp³-hybridized carbons (Fsp3) is 0.500. The molecule has 4 heteroatoms. The van der Waals surface area contributed by atoms with Gasteiger partial charge in [0, 0.05) is 37.9 Å². The number of hydrogen-bond donors (Lipinski definition) is 2. The van der Waals surface area contributed by atoms with E-state index in [9.17, 15) is 0 Å². The van der Waals surface area contributed by atoms with E-state index in [1.165, 1.54) is 5.56 Å². The summed E-state index contributed by atoms with van der Waals surface area (Å²) in [5.41, 5.74) is 1.23. The van der Waals surface area contributed by atoms with Gasteiger partial charge in [-0.2, -0.15) is 0 Å². The van der Waals surface area contributed by atoms with Crippen LogP contribution >= 0.6 is 0 Å². The fourth-order valence-corrected chi connectivity index (χ4v) is 1.64. The van der Waals surface area contributed by atoms with Gasteiger partial charge >= 0.3 is 0 Å². The highest BCUT2D eigenvalue weighted by atomic mass is 16.5. The van der Waals surface area contributed by atoms with E-state index < -0.39 is 0 Å². The minimum absolute atomic E-state index is 0.376. The molecule has 0 aromatic carbocycles. The molecule has 0 spiro atoms. The van der Waals surface area contributed by atoms with Gasteiger partial charge in [-0.15, -0.1) is 0 Å². The van der Waals surface area contributed by atoms with E-state index in [-0.39, 0.29) is 0 Å². The molecule has 1 aromatic heterocycles. The Morgan fingerprint density at radius 1 is 1.50 bits per heavy atom. The number of nitrogens with zero attached hydrogens (tertiary/aromatic N) is 1. The Labute approximate surface area is 83.7 Å². The lowest BCUT2D eigenvalue weighted by Gasteiger charge is -2.24. The Bertz CT molecular complexity index is 297. The zero-order valence-electron chi connectivity index (χ0n) is 8.29. The van der Waals surface area contributed by atoms with Crippen molar-refractivity contribution in [3.63, 3.8) is 0 Å². The van der Waals surface area contributed by atoms with Crippen molar-refractivity contribution in [3.05, 3.63) is 23.9 Å². The summed E-state index contributed by atoms with van der Waals surface area (Å²) in [7, 11) is 1.64. The zero-order valence-corrected chi connectivity index (χ0v) is 8.29. The van der Waals surface area contributed by atoms with Crippen molar-refractivity contribution in [1.82, 2.24) is 15.6 Å². The number of hydrogen-bond acceptors (Lipinski definition) is 4. The van der Waals surface area contributed by atoms with Gasteiger partial charge in [0.15, 0.2) is 0 Å². The van der Waals surface area contributed by atoms with Gasteiger partial charge in [-0.05, 0) is 11.6 Å². The number of pyridine rings is 1. The maximum atomic E-state index is 5.09. The molecule has 1 aromatic rings. The molecule has 14 heavy (non-hydrogen) atoms. The zero-order chi connectivity index (χ0) is 9.80. The second-order valence-electron chi connectivity index (χ2n) is 3.34. The monoisotopic (exact) mass is 193 g/mol. The second kappa shape index (κ2) is 4.39. The van der Waals surface area contributed by atoms with Crippen molar-refractivity contribution in [3.8, 4) is 5.88 Å². The summed E-state index contributed by atoms with van der Waals surface area (Å²) in [6, 6.07) is 4.37. The van der Waals surface area contributed by atoms with Crippen LogP contribution in [0.25, 0.3) is 0 Å². The van der Waals surface area contributed by atoms with E-state index in [4.69, 9.17) is 4.74 Å². The number of piperazine rings is 1. The van der Waals surface area contributed by atoms with Crippen LogP contribution in [0.1, 0.15) is 11.6 Å². The summed E-state index contributed by atoms with van der Waals surface area (Å²) in [4.78, 5) is 4.08. The molecule has 2 rings (SSSR count). The number of methoxy groups -OCH3 is 1. The third-order valence-corrected chi connectivity index (χ3v) is 2.41. The number of aromatic nitrogens is 1. The molecule has 0 amide bonds. The minimum atomic E-state index is 0.376. The summed E-state index contributed by atoms with van der Waals surface area (Å²) in [6.45, 7) is 3.02. The van der Waals surface area contributed by atoms with Gasteiger partial charge in [0.2, 0.25) is 5.88 Å². The summed E-state index contributed by atoms with van der Waals surface area (Å²) >= 11 is 0. The Morgan fingerprint density at radius 3 is 3.14 bits per heavy atom. The Morgan fingerprint density at radius 2 is 2.43 bits per heavy atom. The third-order valence-electron chi connectivity index (χ3n) is 2.41. The predicted molar refractivity (Wildman–Crippen MR) is 54.4 cm³/mol. The van der Waals surface area contributed by atoms with E-state index >= 15 is 0 Å². The summed E-state index contributed by atoms with van der Waals surface area (Å²) in [5, 5.41) is 6.79. The first kappa shape index (κ1) is 9.43. The molecule has 1 saturated heterocycles. The molecule has 0 aliphatic carbocycles. The van der Waals surface area contributed by atoms with Crippen molar-refractivity contribution in [2.24, 2.45) is 0 Å². The van der Waals surface area contributed by atoms with Crippen LogP contribution in [-0.4, -0.2) is 31.7 Å². The molecule has 2 heterocycles. The summed E-state index contributed by atoms with van der Waals surface area (Å²) in [5.74, 6) is 0.676. The number of ether oxygens (including phenoxy) is 1. The Kier molecular flexibility index (Phi) is 2.96. The Balaban J connectivity index is 2.13. The second-order valence-corrected chi connectivity index (χ2v) is 3.34. The highest BCUT2D eigenvalue weighted by Gasteiger charge is 2.14. The molecule has 1 aliphatic rings. The molecule has 0 saturated carbocycles. The first-order valence-corrected chi connectivity index (χ1v) is 4.84. The van der Waals surface area contributed by atoms with Crippen molar-refractivity contribution in [2.75, 3.05) is 26.7 Å². The van der Waals surface area contributed by atoms with Crippen LogP contribution < -0.4 is 15.4 Å². The number of nitrogens with one attached hydrogen (secondary N) is 2. The molecule has 1 aliphatic heterocycles. The van der Waals surface area contributed by atoms with E-state index in [0.717, 1.165) is 19.6 Å². The van der Waals surface area contributed by atoms with Crippen LogP contribution in [0.3, 0.4) is 0 Å². The molecular weight excluding hydrogens is 178 g/mol. The first-order valence-electron chi connectivity index (χ1n) is 4.84. The minimum Gasteiger partial charge on any atom is -0.481 e. The van der Waals surface area contributed by atoms with Gasteiger partial charge in [0.05, 0.1) is 7.11 Å². The topological polar surface area (TPSA) is 46.2 Å². The van der Waals surface area contributed by atoms with Gasteiger partial charge in [-0.1, -0.05) is 0 Å². The summed E-state index contributed by atoms with van der Waals surface area (Å²) < 4.78 is 5.09. The summed E-state index contributed by atoms with van der Waals surface area (Å²) in [6.07, 6.45) is 1.78.